The molecule has 62 valence electrons. The summed E-state index contributed by atoms with van der Waals surface area (Å²) in [6, 6.07) is 0. The molecule has 5 heteroatoms. The monoisotopic (exact) mass is 158 g/mol. The Kier molecular flexibility index (Phi) is 9.90. The Morgan fingerprint density at radius 1 is 1.50 bits per heavy atom. The Morgan fingerprint density at radius 2 is 1.80 bits per heavy atom. The van der Waals surface area contributed by atoms with Crippen LogP contribution in [0, 0.1) is 0 Å². The molecule has 0 spiro atoms. The molecule has 2 nitrogen and oxygen atoms in total. The standard InChI is InChI=1S/C4H8O2.CHF3/c1-3-6-4(2)5;2-1(3)4/h3H2,1-2H3;1H. The molecule has 0 heterocycles. The first-order valence-electron chi connectivity index (χ1n) is 2.56. The predicted octanol–water partition coefficient (Wildman–Crippen LogP) is 1.75. The van der Waals surface area contributed by atoms with E-state index >= 15 is 0 Å². The van der Waals surface area contributed by atoms with Crippen LogP contribution < -0.4 is 0 Å². The van der Waals surface area contributed by atoms with E-state index in [1.807, 2.05) is 0 Å². The van der Waals surface area contributed by atoms with E-state index in [1.165, 1.54) is 6.92 Å². The van der Waals surface area contributed by atoms with Crippen molar-refractivity contribution in [2.24, 2.45) is 0 Å². The van der Waals surface area contributed by atoms with Gasteiger partial charge in [0.25, 0.3) is 0 Å². The van der Waals surface area contributed by atoms with Crippen LogP contribution in [-0.2, 0) is 9.53 Å². The Bertz CT molecular complexity index is 82.2. The highest BCUT2D eigenvalue weighted by Crippen LogP contribution is 1.87. The Labute approximate surface area is 57.0 Å². The van der Waals surface area contributed by atoms with E-state index in [0.717, 1.165) is 0 Å². The van der Waals surface area contributed by atoms with Gasteiger partial charge in [0.15, 0.2) is 0 Å². The molecule has 0 rings (SSSR count). The van der Waals surface area contributed by atoms with Gasteiger partial charge in [-0.3, -0.25) is 4.79 Å². The van der Waals surface area contributed by atoms with E-state index in [9.17, 15) is 18.0 Å². The van der Waals surface area contributed by atoms with Gasteiger partial charge in [0.05, 0.1) is 6.61 Å². The topological polar surface area (TPSA) is 26.3 Å². The summed E-state index contributed by atoms with van der Waals surface area (Å²) < 4.78 is 33.4. The third-order valence-electron chi connectivity index (χ3n) is 0.348. The van der Waals surface area contributed by atoms with Gasteiger partial charge in [-0.25, -0.2) is 0 Å². The Hall–Kier alpha value is -0.740. The fourth-order valence-corrected chi connectivity index (χ4v) is 0.203. The van der Waals surface area contributed by atoms with Gasteiger partial charge in [0.1, 0.15) is 0 Å². The number of hydrogen-bond donors (Lipinski definition) is 0. The van der Waals surface area contributed by atoms with Gasteiger partial charge in [-0.05, 0) is 6.92 Å². The van der Waals surface area contributed by atoms with Crippen molar-refractivity contribution in [3.05, 3.63) is 0 Å². The number of ether oxygens (including phenoxy) is 1. The summed E-state index contributed by atoms with van der Waals surface area (Å²) >= 11 is 0. The Morgan fingerprint density at radius 3 is 1.80 bits per heavy atom. The molecule has 10 heavy (non-hydrogen) atoms. The second-order valence-corrected chi connectivity index (χ2v) is 1.17. The van der Waals surface area contributed by atoms with Crippen molar-refractivity contribution >= 4 is 5.97 Å². The summed E-state index contributed by atoms with van der Waals surface area (Å²) in [5.74, 6) is -0.211. The molecule has 0 aromatic rings. The molecule has 0 aliphatic heterocycles. The maximum Gasteiger partial charge on any atom is 0.379 e. The van der Waals surface area contributed by atoms with Crippen molar-refractivity contribution in [2.45, 2.75) is 20.5 Å². The quantitative estimate of drug-likeness (QED) is 0.543. The fourth-order valence-electron chi connectivity index (χ4n) is 0.203. The third-order valence-corrected chi connectivity index (χ3v) is 0.348. The number of alkyl halides is 3. The van der Waals surface area contributed by atoms with Crippen LogP contribution in [0.5, 0.6) is 0 Å². The molecule has 0 fully saturated rings. The minimum atomic E-state index is -3.67. The number of rotatable bonds is 1. The smallest absolute Gasteiger partial charge is 0.379 e. The minimum Gasteiger partial charge on any atom is -0.466 e. The molecular formula is C5H9F3O2. The molecule has 0 aliphatic carbocycles. The Balaban J connectivity index is 0. The number of halogens is 3. The first-order valence-corrected chi connectivity index (χ1v) is 2.56. The lowest BCUT2D eigenvalue weighted by Gasteiger charge is -1.89. The second-order valence-electron chi connectivity index (χ2n) is 1.17. The first kappa shape index (κ1) is 12.0. The van der Waals surface area contributed by atoms with E-state index in [1.54, 1.807) is 6.92 Å². The lowest BCUT2D eigenvalue weighted by molar-refractivity contribution is -0.140. The zero-order chi connectivity index (χ0) is 8.57. The van der Waals surface area contributed by atoms with Gasteiger partial charge in [-0.15, -0.1) is 0 Å². The lowest BCUT2D eigenvalue weighted by Crippen LogP contribution is -1.95. The van der Waals surface area contributed by atoms with Crippen LogP contribution in [0.3, 0.4) is 0 Å². The molecule has 0 aliphatic rings. The van der Waals surface area contributed by atoms with E-state index in [-0.39, 0.29) is 5.97 Å². The molecule has 0 bridgehead atoms. The molecule has 0 saturated heterocycles. The minimum absolute atomic E-state index is 0.211. The highest BCUT2D eigenvalue weighted by Gasteiger charge is 1.86. The maximum atomic E-state index is 9.82. The summed E-state index contributed by atoms with van der Waals surface area (Å²) in [7, 11) is 0. The van der Waals surface area contributed by atoms with Gasteiger partial charge < -0.3 is 4.74 Å². The lowest BCUT2D eigenvalue weighted by atomic mass is 10.8. The molecule has 0 N–H and O–H groups in total. The van der Waals surface area contributed by atoms with Crippen LogP contribution in [0.15, 0.2) is 0 Å². The van der Waals surface area contributed by atoms with Crippen molar-refractivity contribution in [2.75, 3.05) is 6.61 Å². The van der Waals surface area contributed by atoms with Crippen molar-refractivity contribution < 1.29 is 22.7 Å². The third kappa shape index (κ3) is 55.7. The zero-order valence-corrected chi connectivity index (χ0v) is 5.73. The van der Waals surface area contributed by atoms with Gasteiger partial charge in [-0.2, -0.15) is 13.2 Å². The SMILES string of the molecule is CCOC(C)=O.FC(F)F. The van der Waals surface area contributed by atoms with Gasteiger partial charge in [0, 0.05) is 6.92 Å². The molecule has 0 unspecified atom stereocenters. The summed E-state index contributed by atoms with van der Waals surface area (Å²) in [6.45, 7) is -0.0137. The van der Waals surface area contributed by atoms with E-state index < -0.39 is 6.68 Å². The largest absolute Gasteiger partial charge is 0.466 e. The number of esters is 1. The molecule has 0 radical (unpaired) electrons. The molecule has 0 aromatic carbocycles. The maximum absolute atomic E-state index is 9.82. The highest BCUT2D eigenvalue weighted by molar-refractivity contribution is 5.65. The molecule has 0 amide bonds. The van der Waals surface area contributed by atoms with Crippen LogP contribution in [-0.4, -0.2) is 19.3 Å². The predicted molar refractivity (Wildman–Crippen MR) is 29.4 cm³/mol. The van der Waals surface area contributed by atoms with Crippen LogP contribution in [0.25, 0.3) is 0 Å². The molecule has 0 saturated carbocycles. The van der Waals surface area contributed by atoms with Crippen LogP contribution >= 0.6 is 0 Å². The number of carbonyl (C=O) groups excluding carboxylic acids is 1. The fraction of sp³-hybridized carbons (Fsp3) is 0.800. The zero-order valence-electron chi connectivity index (χ0n) is 5.73. The first-order chi connectivity index (χ1) is 4.50. The summed E-state index contributed by atoms with van der Waals surface area (Å²) in [5, 5.41) is 0. The van der Waals surface area contributed by atoms with E-state index in [0.29, 0.717) is 6.61 Å². The van der Waals surface area contributed by atoms with Crippen LogP contribution in [0.2, 0.25) is 0 Å². The van der Waals surface area contributed by atoms with Crippen molar-refractivity contribution in [1.29, 1.82) is 0 Å². The van der Waals surface area contributed by atoms with Crippen LogP contribution in [0.1, 0.15) is 13.8 Å². The summed E-state index contributed by atoms with van der Waals surface area (Å²) in [5.41, 5.74) is 0. The van der Waals surface area contributed by atoms with Crippen molar-refractivity contribution in [3.8, 4) is 0 Å². The van der Waals surface area contributed by atoms with E-state index in [2.05, 4.69) is 4.74 Å². The normalized spacial score (nSPS) is 8.20. The second kappa shape index (κ2) is 8.26. The molecule has 0 aromatic heterocycles. The number of hydrogen-bond acceptors (Lipinski definition) is 2. The molecular weight excluding hydrogens is 149 g/mol. The van der Waals surface area contributed by atoms with Crippen LogP contribution in [0.4, 0.5) is 13.2 Å². The van der Waals surface area contributed by atoms with Crippen molar-refractivity contribution in [1.82, 2.24) is 0 Å². The van der Waals surface area contributed by atoms with E-state index in [4.69, 9.17) is 0 Å². The number of carbonyl (C=O) groups is 1. The highest BCUT2D eigenvalue weighted by atomic mass is 19.4. The summed E-state index contributed by atoms with van der Waals surface area (Å²) in [6.07, 6.45) is 0. The van der Waals surface area contributed by atoms with Gasteiger partial charge >= 0.3 is 12.6 Å². The molecule has 0 atom stereocenters. The van der Waals surface area contributed by atoms with Gasteiger partial charge in [-0.1, -0.05) is 0 Å². The van der Waals surface area contributed by atoms with Gasteiger partial charge in [0.2, 0.25) is 0 Å². The average Bonchev–Trinajstić information content (AvgIpc) is 1.62. The average molecular weight is 158 g/mol. The summed E-state index contributed by atoms with van der Waals surface area (Å²) in [4.78, 5) is 9.82. The van der Waals surface area contributed by atoms with Crippen molar-refractivity contribution in [3.63, 3.8) is 0 Å².